The monoisotopic (exact) mass is 541 g/mol. The Hall–Kier alpha value is -0.680. The minimum Gasteiger partial charge on any atom is -0.496 e. The summed E-state index contributed by atoms with van der Waals surface area (Å²) in [6.45, 7) is 7.48. The van der Waals surface area contributed by atoms with Crippen LogP contribution in [-0.4, -0.2) is 69.3 Å². The van der Waals surface area contributed by atoms with E-state index in [-0.39, 0.29) is 29.7 Å². The first-order chi connectivity index (χ1) is 12.7. The maximum atomic E-state index is 12.2. The zero-order valence-corrected chi connectivity index (χ0v) is 21.2. The molecule has 1 N–H and O–H groups in total. The van der Waals surface area contributed by atoms with E-state index in [2.05, 4.69) is 23.3 Å². The van der Waals surface area contributed by atoms with Gasteiger partial charge in [-0.1, -0.05) is 19.1 Å². The molecular weight excluding hydrogens is 509 g/mol. The van der Waals surface area contributed by atoms with Gasteiger partial charge >= 0.3 is 0 Å². The number of thioether (sulfide) groups is 1. The number of ether oxygens (including phenoxy) is 1. The van der Waals surface area contributed by atoms with Crippen LogP contribution in [0.25, 0.3) is 0 Å². The molecular formula is C19H32IN3O3S2. The molecule has 0 spiro atoms. The number of hydrogen-bond acceptors (Lipinski definition) is 5. The molecule has 1 aromatic carbocycles. The Kier molecular flexibility index (Phi) is 9.88. The summed E-state index contributed by atoms with van der Waals surface area (Å²) >= 11 is 1.78. The molecule has 0 aliphatic carbocycles. The number of hydrogen-bond donors (Lipinski definition) is 1. The lowest BCUT2D eigenvalue weighted by atomic mass is 10.2. The van der Waals surface area contributed by atoms with Gasteiger partial charge in [0.2, 0.25) is 0 Å². The summed E-state index contributed by atoms with van der Waals surface area (Å²) in [6, 6.07) is 8.03. The Labute approximate surface area is 190 Å². The van der Waals surface area contributed by atoms with Gasteiger partial charge in [0.25, 0.3) is 0 Å². The largest absolute Gasteiger partial charge is 0.496 e. The van der Waals surface area contributed by atoms with Crippen LogP contribution < -0.4 is 10.1 Å². The normalized spacial score (nSPS) is 19.5. The van der Waals surface area contributed by atoms with Crippen molar-refractivity contribution in [3.8, 4) is 5.75 Å². The summed E-state index contributed by atoms with van der Waals surface area (Å²) in [4.78, 5) is 7.53. The lowest BCUT2D eigenvalue weighted by molar-refractivity contribution is 0.351. The number of aliphatic imine (C=N–C) groups is 1. The molecule has 28 heavy (non-hydrogen) atoms. The number of methoxy groups -OCH3 is 1. The first kappa shape index (κ1) is 25.4. The van der Waals surface area contributed by atoms with Crippen molar-refractivity contribution in [1.82, 2.24) is 10.2 Å². The fourth-order valence-electron chi connectivity index (χ4n) is 2.95. The zero-order valence-electron chi connectivity index (χ0n) is 17.3. The van der Waals surface area contributed by atoms with Crippen LogP contribution >= 0.6 is 35.7 Å². The van der Waals surface area contributed by atoms with E-state index in [1.165, 1.54) is 0 Å². The zero-order chi connectivity index (χ0) is 20.1. The Bertz CT molecular complexity index is 769. The SMILES string of the molecule is CN=C(NCC(C)CSc1ccccc1OC)N1CCS(=O)(=O)C(C)(C)C1.I. The highest BCUT2D eigenvalue weighted by atomic mass is 127. The summed E-state index contributed by atoms with van der Waals surface area (Å²) in [6.07, 6.45) is 0. The third-order valence-corrected chi connectivity index (χ3v) is 8.67. The van der Waals surface area contributed by atoms with Gasteiger partial charge < -0.3 is 15.0 Å². The predicted octanol–water partition coefficient (Wildman–Crippen LogP) is 3.13. The molecule has 1 fully saturated rings. The van der Waals surface area contributed by atoms with Crippen LogP contribution in [0.1, 0.15) is 20.8 Å². The van der Waals surface area contributed by atoms with E-state index in [1.54, 1.807) is 39.8 Å². The van der Waals surface area contributed by atoms with Crippen LogP contribution in [0.15, 0.2) is 34.2 Å². The summed E-state index contributed by atoms with van der Waals surface area (Å²) in [5.41, 5.74) is 0. The number of para-hydroxylation sites is 1. The summed E-state index contributed by atoms with van der Waals surface area (Å²) in [7, 11) is 0.379. The van der Waals surface area contributed by atoms with Gasteiger partial charge in [0, 0.05) is 37.3 Å². The van der Waals surface area contributed by atoms with Crippen molar-refractivity contribution < 1.29 is 13.2 Å². The first-order valence-electron chi connectivity index (χ1n) is 9.14. The molecule has 0 amide bonds. The molecule has 160 valence electrons. The average molecular weight is 542 g/mol. The lowest BCUT2D eigenvalue weighted by Gasteiger charge is -2.39. The molecule has 0 bridgehead atoms. The van der Waals surface area contributed by atoms with Gasteiger partial charge in [-0.25, -0.2) is 8.42 Å². The van der Waals surface area contributed by atoms with Crippen LogP contribution in [-0.2, 0) is 9.84 Å². The van der Waals surface area contributed by atoms with Crippen LogP contribution in [0.5, 0.6) is 5.75 Å². The molecule has 6 nitrogen and oxygen atoms in total. The van der Waals surface area contributed by atoms with Gasteiger partial charge in [-0.3, -0.25) is 4.99 Å². The van der Waals surface area contributed by atoms with Gasteiger partial charge in [0.15, 0.2) is 15.8 Å². The van der Waals surface area contributed by atoms with Gasteiger partial charge in [0.1, 0.15) is 5.75 Å². The minimum absolute atomic E-state index is 0. The molecule has 2 rings (SSSR count). The number of guanidine groups is 1. The maximum Gasteiger partial charge on any atom is 0.193 e. The molecule has 1 aliphatic heterocycles. The molecule has 1 heterocycles. The first-order valence-corrected chi connectivity index (χ1v) is 11.8. The van der Waals surface area contributed by atoms with E-state index in [0.29, 0.717) is 19.0 Å². The minimum atomic E-state index is -3.05. The van der Waals surface area contributed by atoms with E-state index in [4.69, 9.17) is 4.74 Å². The number of rotatable bonds is 6. The van der Waals surface area contributed by atoms with Crippen molar-refractivity contribution in [2.45, 2.75) is 30.4 Å². The van der Waals surface area contributed by atoms with Crippen LogP contribution in [0.4, 0.5) is 0 Å². The molecule has 1 aliphatic rings. The molecule has 0 saturated carbocycles. The van der Waals surface area contributed by atoms with Gasteiger partial charge in [0.05, 0.1) is 17.6 Å². The predicted molar refractivity (Wildman–Crippen MR) is 129 cm³/mol. The Morgan fingerprint density at radius 3 is 2.68 bits per heavy atom. The maximum absolute atomic E-state index is 12.2. The van der Waals surface area contributed by atoms with Crippen molar-refractivity contribution in [3.63, 3.8) is 0 Å². The quantitative estimate of drug-likeness (QED) is 0.258. The van der Waals surface area contributed by atoms with Crippen molar-refractivity contribution >= 4 is 51.5 Å². The molecule has 0 radical (unpaired) electrons. The molecule has 0 aromatic heterocycles. The van der Waals surface area contributed by atoms with Gasteiger partial charge in [-0.2, -0.15) is 0 Å². The average Bonchev–Trinajstić information content (AvgIpc) is 2.63. The number of halogens is 1. The van der Waals surface area contributed by atoms with Crippen molar-refractivity contribution in [2.75, 3.05) is 45.3 Å². The highest BCUT2D eigenvalue weighted by Gasteiger charge is 2.40. The molecule has 1 aromatic rings. The molecule has 1 atom stereocenters. The number of nitrogens with one attached hydrogen (secondary N) is 1. The third kappa shape index (κ3) is 6.41. The van der Waals surface area contributed by atoms with Crippen molar-refractivity contribution in [3.05, 3.63) is 24.3 Å². The third-order valence-electron chi connectivity index (χ3n) is 4.76. The summed E-state index contributed by atoms with van der Waals surface area (Å²) in [5, 5.41) is 3.41. The Morgan fingerprint density at radius 1 is 1.39 bits per heavy atom. The fraction of sp³-hybridized carbons (Fsp3) is 0.632. The summed E-state index contributed by atoms with van der Waals surface area (Å²) < 4.78 is 29.0. The van der Waals surface area contributed by atoms with E-state index in [0.717, 1.165) is 28.9 Å². The second-order valence-electron chi connectivity index (χ2n) is 7.50. The molecule has 1 saturated heterocycles. The van der Waals surface area contributed by atoms with Crippen LogP contribution in [0.2, 0.25) is 0 Å². The van der Waals surface area contributed by atoms with E-state index >= 15 is 0 Å². The molecule has 1 unspecified atom stereocenters. The highest BCUT2D eigenvalue weighted by Crippen LogP contribution is 2.30. The Morgan fingerprint density at radius 2 is 2.07 bits per heavy atom. The lowest BCUT2D eigenvalue weighted by Crippen LogP contribution is -2.57. The fourth-order valence-corrected chi connectivity index (χ4v) is 5.37. The number of benzene rings is 1. The van der Waals surface area contributed by atoms with Crippen molar-refractivity contribution in [1.29, 1.82) is 0 Å². The Balaban J connectivity index is 0.00000392. The van der Waals surface area contributed by atoms with Gasteiger partial charge in [-0.05, 0) is 31.9 Å². The highest BCUT2D eigenvalue weighted by molar-refractivity contribution is 14.0. The smallest absolute Gasteiger partial charge is 0.193 e. The second-order valence-corrected chi connectivity index (χ2v) is 11.3. The summed E-state index contributed by atoms with van der Waals surface area (Å²) in [5.74, 6) is 3.20. The van der Waals surface area contributed by atoms with Gasteiger partial charge in [-0.15, -0.1) is 35.7 Å². The van der Waals surface area contributed by atoms with Crippen LogP contribution in [0.3, 0.4) is 0 Å². The van der Waals surface area contributed by atoms with E-state index in [9.17, 15) is 8.42 Å². The van der Waals surface area contributed by atoms with E-state index in [1.807, 2.05) is 23.1 Å². The number of sulfone groups is 1. The van der Waals surface area contributed by atoms with Crippen molar-refractivity contribution in [2.24, 2.45) is 10.9 Å². The van der Waals surface area contributed by atoms with E-state index < -0.39 is 14.6 Å². The topological polar surface area (TPSA) is 71.0 Å². The van der Waals surface area contributed by atoms with Crippen LogP contribution in [0, 0.1) is 5.92 Å². The second kappa shape index (κ2) is 10.9. The molecule has 9 heteroatoms. The number of nitrogens with zero attached hydrogens (tertiary/aromatic N) is 2. The standard InChI is InChI=1S/C19H31N3O3S2.HI/c1-15(13-26-17-9-7-6-8-16(17)25-5)12-21-18(20-4)22-10-11-27(23,24)19(2,3)14-22;/h6-9,15H,10-14H2,1-5H3,(H,20,21);1H.